The van der Waals surface area contributed by atoms with Crippen molar-refractivity contribution in [3.8, 4) is 0 Å². The van der Waals surface area contributed by atoms with E-state index in [1.54, 1.807) is 13.1 Å². The molecule has 2 heterocycles. The van der Waals surface area contributed by atoms with Gasteiger partial charge in [-0.3, -0.25) is 14.4 Å². The number of carbonyl (C=O) groups is 3. The Morgan fingerprint density at radius 3 is 2.17 bits per heavy atom. The van der Waals surface area contributed by atoms with Crippen LogP contribution < -0.4 is 10.3 Å². The number of benzene rings is 3. The van der Waals surface area contributed by atoms with Crippen LogP contribution in [0.5, 0.6) is 0 Å². The van der Waals surface area contributed by atoms with Crippen molar-refractivity contribution in [1.82, 2.24) is 5.43 Å². The molecule has 2 aliphatic heterocycles. The van der Waals surface area contributed by atoms with E-state index in [0.717, 1.165) is 27.8 Å². The lowest BCUT2D eigenvalue weighted by Crippen LogP contribution is -2.54. The number of hydrogen-bond donors (Lipinski definition) is 1. The summed E-state index contributed by atoms with van der Waals surface area (Å²) in [5, 5.41) is 4.45. The first-order valence-corrected chi connectivity index (χ1v) is 13.6. The summed E-state index contributed by atoms with van der Waals surface area (Å²) in [6, 6.07) is 23.4. The first-order chi connectivity index (χ1) is 19.3. The number of imide groups is 1. The number of nitrogens with zero attached hydrogens (tertiary/aromatic N) is 2. The average molecular weight is 536 g/mol. The van der Waals surface area contributed by atoms with Gasteiger partial charge in [0.05, 0.1) is 42.6 Å². The number of hydrogen-bond acceptors (Lipinski definition) is 6. The highest BCUT2D eigenvalue weighted by molar-refractivity contribution is 6.25. The zero-order valence-electron chi connectivity index (χ0n) is 22.3. The molecule has 1 N–H and O–H groups in total. The van der Waals surface area contributed by atoms with Gasteiger partial charge in [0.2, 0.25) is 17.7 Å². The lowest BCUT2D eigenvalue weighted by Gasteiger charge is -2.52. The maximum Gasteiger partial charge on any atom is 0.245 e. The van der Waals surface area contributed by atoms with E-state index >= 15 is 0 Å². The van der Waals surface area contributed by atoms with Crippen LogP contribution >= 0.6 is 0 Å². The van der Waals surface area contributed by atoms with E-state index in [1.807, 2.05) is 79.7 Å². The molecular weight excluding hydrogens is 506 g/mol. The molecule has 3 aliphatic carbocycles. The SMILES string of the molecule is Cc1ccc(N2C(=O)[C@@H]3C4c5ccccc5C(/C=N\NC(=O)CC5(C)OCCO5)(c5ccccc54)[C@@H]3C2=O)cc1. The molecule has 202 valence electrons. The first-order valence-electron chi connectivity index (χ1n) is 13.6. The molecule has 2 fully saturated rings. The Hall–Kier alpha value is -4.14. The van der Waals surface area contributed by atoms with Crippen molar-refractivity contribution < 1.29 is 23.9 Å². The van der Waals surface area contributed by atoms with Crippen LogP contribution in [0.15, 0.2) is 77.9 Å². The fourth-order valence-electron chi connectivity index (χ4n) is 7.19. The molecule has 0 spiro atoms. The Balaban J connectivity index is 1.35. The van der Waals surface area contributed by atoms with Crippen LogP contribution in [0.25, 0.3) is 0 Å². The van der Waals surface area contributed by atoms with Gasteiger partial charge in [0.15, 0.2) is 5.79 Å². The summed E-state index contributed by atoms with van der Waals surface area (Å²) in [6.07, 6.45) is 1.65. The van der Waals surface area contributed by atoms with Gasteiger partial charge >= 0.3 is 0 Å². The Kier molecular flexibility index (Phi) is 5.56. The summed E-state index contributed by atoms with van der Waals surface area (Å²) in [7, 11) is 0. The maximum absolute atomic E-state index is 14.3. The van der Waals surface area contributed by atoms with E-state index in [-0.39, 0.29) is 30.1 Å². The summed E-state index contributed by atoms with van der Waals surface area (Å²) in [4.78, 5) is 42.7. The van der Waals surface area contributed by atoms with Gasteiger partial charge in [-0.15, -0.1) is 0 Å². The van der Waals surface area contributed by atoms with Gasteiger partial charge in [0.25, 0.3) is 0 Å². The number of anilines is 1. The number of amides is 3. The minimum absolute atomic E-state index is 0.0166. The van der Waals surface area contributed by atoms with Crippen molar-refractivity contribution in [3.05, 3.63) is 101 Å². The largest absolute Gasteiger partial charge is 0.347 e. The smallest absolute Gasteiger partial charge is 0.245 e. The summed E-state index contributed by atoms with van der Waals surface area (Å²) < 4.78 is 11.1. The van der Waals surface area contributed by atoms with Crippen molar-refractivity contribution in [3.63, 3.8) is 0 Å². The molecule has 8 nitrogen and oxygen atoms in total. The fourth-order valence-corrected chi connectivity index (χ4v) is 7.19. The number of rotatable bonds is 5. The summed E-state index contributed by atoms with van der Waals surface area (Å²) >= 11 is 0. The van der Waals surface area contributed by atoms with E-state index < -0.39 is 23.0 Å². The molecule has 3 aromatic carbocycles. The molecule has 0 aromatic heterocycles. The molecule has 0 saturated carbocycles. The zero-order chi connectivity index (χ0) is 27.6. The van der Waals surface area contributed by atoms with Gasteiger partial charge in [0, 0.05) is 12.1 Å². The molecule has 2 saturated heterocycles. The third-order valence-corrected chi connectivity index (χ3v) is 8.81. The minimum atomic E-state index is -1.05. The molecular formula is C32H29N3O5. The Morgan fingerprint density at radius 2 is 1.55 bits per heavy atom. The van der Waals surface area contributed by atoms with Gasteiger partial charge in [-0.1, -0.05) is 66.2 Å². The minimum Gasteiger partial charge on any atom is -0.347 e. The number of hydrazone groups is 1. The second-order valence-corrected chi connectivity index (χ2v) is 11.2. The van der Waals surface area contributed by atoms with Crippen molar-refractivity contribution in [2.24, 2.45) is 16.9 Å². The Labute approximate surface area is 232 Å². The number of carbonyl (C=O) groups excluding carboxylic acids is 3. The lowest BCUT2D eigenvalue weighted by molar-refractivity contribution is -0.159. The summed E-state index contributed by atoms with van der Waals surface area (Å²) in [6.45, 7) is 4.56. The maximum atomic E-state index is 14.3. The van der Waals surface area contributed by atoms with Crippen LogP contribution in [0.4, 0.5) is 5.69 Å². The lowest BCUT2D eigenvalue weighted by atomic mass is 9.47. The quantitative estimate of drug-likeness (QED) is 0.305. The van der Waals surface area contributed by atoms with Crippen molar-refractivity contribution in [1.29, 1.82) is 0 Å². The van der Waals surface area contributed by atoms with Gasteiger partial charge in [-0.05, 0) is 48.2 Å². The van der Waals surface area contributed by atoms with E-state index in [1.165, 1.54) is 4.90 Å². The molecule has 3 amide bonds. The Bertz CT molecular complexity index is 1530. The normalized spacial score (nSPS) is 27.6. The van der Waals surface area contributed by atoms with Crippen LogP contribution in [0.1, 0.15) is 47.1 Å². The molecule has 0 radical (unpaired) electrons. The van der Waals surface area contributed by atoms with Crippen LogP contribution in [0.3, 0.4) is 0 Å². The zero-order valence-corrected chi connectivity index (χ0v) is 22.3. The van der Waals surface area contributed by atoms with Gasteiger partial charge in [-0.2, -0.15) is 5.10 Å². The molecule has 8 rings (SSSR count). The second-order valence-electron chi connectivity index (χ2n) is 11.2. The molecule has 2 bridgehead atoms. The predicted molar refractivity (Wildman–Crippen MR) is 148 cm³/mol. The number of nitrogens with one attached hydrogen (secondary N) is 1. The molecule has 8 heteroatoms. The average Bonchev–Trinajstić information content (AvgIpc) is 3.50. The van der Waals surface area contributed by atoms with Crippen LogP contribution in [-0.2, 0) is 29.3 Å². The predicted octanol–water partition coefficient (Wildman–Crippen LogP) is 3.80. The monoisotopic (exact) mass is 535 g/mol. The van der Waals surface area contributed by atoms with Gasteiger partial charge in [0.1, 0.15) is 0 Å². The highest BCUT2D eigenvalue weighted by Gasteiger charge is 2.68. The van der Waals surface area contributed by atoms with Crippen LogP contribution in [-0.4, -0.2) is 42.9 Å². The molecule has 3 aromatic rings. The highest BCUT2D eigenvalue weighted by Crippen LogP contribution is 2.63. The topological polar surface area (TPSA) is 97.3 Å². The summed E-state index contributed by atoms with van der Waals surface area (Å²) in [5.41, 5.74) is 7.07. The third kappa shape index (κ3) is 3.46. The van der Waals surface area contributed by atoms with Gasteiger partial charge < -0.3 is 9.47 Å². The number of ether oxygens (including phenoxy) is 2. The number of aryl methyl sites for hydroxylation is 1. The van der Waals surface area contributed by atoms with Crippen LogP contribution in [0, 0.1) is 18.8 Å². The van der Waals surface area contributed by atoms with E-state index in [4.69, 9.17) is 9.47 Å². The van der Waals surface area contributed by atoms with E-state index in [2.05, 4.69) is 10.5 Å². The molecule has 0 unspecified atom stereocenters. The molecule has 5 aliphatic rings. The first kappa shape index (κ1) is 24.9. The Morgan fingerprint density at radius 1 is 0.950 bits per heavy atom. The van der Waals surface area contributed by atoms with Gasteiger partial charge in [-0.25, -0.2) is 10.3 Å². The summed E-state index contributed by atoms with van der Waals surface area (Å²) in [5.74, 6) is -3.40. The van der Waals surface area contributed by atoms with Crippen molar-refractivity contribution in [2.45, 2.75) is 37.4 Å². The highest BCUT2D eigenvalue weighted by atomic mass is 16.7. The van der Waals surface area contributed by atoms with Crippen LogP contribution in [0.2, 0.25) is 0 Å². The standard InChI is InChI=1S/C32H29N3O5/c1-19-11-13-20(14-12-19)35-29(37)27-26-21-7-3-5-9-23(21)32(28(27)30(35)38,24-10-6-4-8-22(24)26)18-33-34-25(36)17-31(2)39-15-16-40-31/h3-14,18,26-28H,15-17H2,1-2H3,(H,34,36)/b33-18-/t26?,27-,28+,32?/m1/s1. The molecule has 40 heavy (non-hydrogen) atoms. The second kappa shape index (κ2) is 8.94. The molecule has 2 atom stereocenters. The van der Waals surface area contributed by atoms with Crippen molar-refractivity contribution in [2.75, 3.05) is 18.1 Å². The van der Waals surface area contributed by atoms with E-state index in [0.29, 0.717) is 18.9 Å². The third-order valence-electron chi connectivity index (χ3n) is 8.81. The fraction of sp³-hybridized carbons (Fsp3) is 0.312. The van der Waals surface area contributed by atoms with Crippen molar-refractivity contribution >= 4 is 29.6 Å². The van der Waals surface area contributed by atoms with E-state index in [9.17, 15) is 14.4 Å².